The highest BCUT2D eigenvalue weighted by atomic mass is 16.5. The third-order valence-electron chi connectivity index (χ3n) is 4.45. The summed E-state index contributed by atoms with van der Waals surface area (Å²) < 4.78 is 7.08. The van der Waals surface area contributed by atoms with Gasteiger partial charge in [-0.1, -0.05) is 0 Å². The lowest BCUT2D eigenvalue weighted by atomic mass is 10.2. The number of benzene rings is 2. The third kappa shape index (κ3) is 3.79. The van der Waals surface area contributed by atoms with Crippen LogP contribution in [-0.2, 0) is 0 Å². The van der Waals surface area contributed by atoms with Crippen molar-refractivity contribution in [1.29, 1.82) is 0 Å². The Hall–Kier alpha value is -3.28. The highest BCUT2D eigenvalue weighted by Gasteiger charge is 2.20. The van der Waals surface area contributed by atoms with E-state index >= 15 is 0 Å². The first-order valence-electron chi connectivity index (χ1n) is 8.89. The van der Waals surface area contributed by atoms with Crippen molar-refractivity contribution in [2.75, 3.05) is 20.2 Å². The number of phenols is 1. The van der Waals surface area contributed by atoms with Crippen LogP contribution in [0.1, 0.15) is 24.3 Å². The molecule has 0 radical (unpaired) electrons. The van der Waals surface area contributed by atoms with Crippen LogP contribution >= 0.6 is 0 Å². The van der Waals surface area contributed by atoms with Gasteiger partial charge in [-0.15, -0.1) is 0 Å². The minimum absolute atomic E-state index is 0.104. The summed E-state index contributed by atoms with van der Waals surface area (Å²) in [7, 11) is 1.62. The molecular weight excluding hydrogens is 342 g/mol. The predicted molar refractivity (Wildman–Crippen MR) is 104 cm³/mol. The van der Waals surface area contributed by atoms with Crippen molar-refractivity contribution < 1.29 is 14.6 Å². The Morgan fingerprint density at radius 2 is 1.70 bits per heavy atom. The number of hydrogen-bond donors (Lipinski definition) is 1. The van der Waals surface area contributed by atoms with Crippen molar-refractivity contribution in [2.45, 2.75) is 13.8 Å². The van der Waals surface area contributed by atoms with Crippen molar-refractivity contribution in [2.24, 2.45) is 0 Å². The number of rotatable bonds is 6. The van der Waals surface area contributed by atoms with Crippen molar-refractivity contribution >= 4 is 5.91 Å². The molecule has 6 heteroatoms. The zero-order valence-electron chi connectivity index (χ0n) is 15.7. The van der Waals surface area contributed by atoms with Crippen LogP contribution in [0.5, 0.6) is 11.5 Å². The minimum Gasteiger partial charge on any atom is -0.508 e. The van der Waals surface area contributed by atoms with Gasteiger partial charge in [0, 0.05) is 30.5 Å². The molecule has 1 heterocycles. The van der Waals surface area contributed by atoms with Crippen LogP contribution < -0.4 is 4.74 Å². The quantitative estimate of drug-likeness (QED) is 0.723. The molecule has 6 nitrogen and oxygen atoms in total. The van der Waals surface area contributed by atoms with Gasteiger partial charge in [-0.2, -0.15) is 0 Å². The van der Waals surface area contributed by atoms with Crippen LogP contribution in [0.3, 0.4) is 0 Å². The SMILES string of the molecule is CCN(CC)C(=O)c1cn(-c2ccc(O)cc2)c(-c2ccc(OC)cc2)n1. The Bertz CT molecular complexity index is 911. The molecule has 2 aromatic carbocycles. The van der Waals surface area contributed by atoms with E-state index in [0.29, 0.717) is 24.6 Å². The standard InChI is InChI=1S/C21H23N3O3/c1-4-23(5-2)21(26)19-14-24(16-8-10-17(25)11-9-16)20(22-19)15-6-12-18(27-3)13-7-15/h6-14,25H,4-5H2,1-3H3. The van der Waals surface area contributed by atoms with Gasteiger partial charge in [0.15, 0.2) is 0 Å². The molecule has 140 valence electrons. The molecule has 0 saturated carbocycles. The topological polar surface area (TPSA) is 67.6 Å². The summed E-state index contributed by atoms with van der Waals surface area (Å²) in [5.74, 6) is 1.48. The predicted octanol–water partition coefficient (Wildman–Crippen LogP) is 3.74. The second-order valence-electron chi connectivity index (χ2n) is 6.04. The van der Waals surface area contributed by atoms with E-state index in [1.807, 2.05) is 42.7 Å². The number of hydrogen-bond acceptors (Lipinski definition) is 4. The maximum atomic E-state index is 12.8. The molecule has 27 heavy (non-hydrogen) atoms. The van der Waals surface area contributed by atoms with Gasteiger partial charge in [0.05, 0.1) is 7.11 Å². The number of carbonyl (C=O) groups is 1. The van der Waals surface area contributed by atoms with Gasteiger partial charge >= 0.3 is 0 Å². The number of aromatic nitrogens is 2. The fraction of sp³-hybridized carbons (Fsp3) is 0.238. The molecular formula is C21H23N3O3. The molecule has 1 amide bonds. The van der Waals surface area contributed by atoms with E-state index in [-0.39, 0.29) is 11.7 Å². The monoisotopic (exact) mass is 365 g/mol. The summed E-state index contributed by atoms with van der Waals surface area (Å²) in [5.41, 5.74) is 2.06. The van der Waals surface area contributed by atoms with E-state index in [1.165, 1.54) is 0 Å². The number of carbonyl (C=O) groups excluding carboxylic acids is 1. The van der Waals surface area contributed by atoms with E-state index in [4.69, 9.17) is 4.74 Å². The second kappa shape index (κ2) is 7.95. The molecule has 0 aliphatic carbocycles. The Labute approximate surface area is 158 Å². The molecule has 0 aliphatic heterocycles. The molecule has 0 atom stereocenters. The Balaban J connectivity index is 2.11. The molecule has 0 aliphatic rings. The molecule has 1 aromatic heterocycles. The molecule has 0 unspecified atom stereocenters. The molecule has 0 spiro atoms. The first kappa shape index (κ1) is 18.5. The molecule has 0 bridgehead atoms. The smallest absolute Gasteiger partial charge is 0.274 e. The van der Waals surface area contributed by atoms with Gasteiger partial charge in [-0.25, -0.2) is 4.98 Å². The van der Waals surface area contributed by atoms with Crippen LogP contribution in [0, 0.1) is 0 Å². The summed E-state index contributed by atoms with van der Waals surface area (Å²) in [6.45, 7) is 5.14. The van der Waals surface area contributed by atoms with Crippen LogP contribution in [0.15, 0.2) is 54.7 Å². The van der Waals surface area contributed by atoms with Crippen molar-refractivity contribution in [3.05, 3.63) is 60.4 Å². The summed E-state index contributed by atoms with van der Waals surface area (Å²) in [6, 6.07) is 14.3. The molecule has 3 aromatic rings. The average Bonchev–Trinajstić information content (AvgIpc) is 3.15. The maximum Gasteiger partial charge on any atom is 0.274 e. The molecule has 0 saturated heterocycles. The fourth-order valence-corrected chi connectivity index (χ4v) is 2.91. The summed E-state index contributed by atoms with van der Waals surface area (Å²) in [6.07, 6.45) is 1.74. The van der Waals surface area contributed by atoms with Gasteiger partial charge in [-0.05, 0) is 62.4 Å². The van der Waals surface area contributed by atoms with E-state index in [9.17, 15) is 9.90 Å². The van der Waals surface area contributed by atoms with Gasteiger partial charge in [0.1, 0.15) is 23.0 Å². The number of phenolic OH excluding ortho intramolecular Hbond substituents is 1. The van der Waals surface area contributed by atoms with Gasteiger partial charge < -0.3 is 14.7 Å². The Morgan fingerprint density at radius 3 is 2.26 bits per heavy atom. The van der Waals surface area contributed by atoms with Crippen molar-refractivity contribution in [3.63, 3.8) is 0 Å². The van der Waals surface area contributed by atoms with E-state index < -0.39 is 0 Å². The Morgan fingerprint density at radius 1 is 1.07 bits per heavy atom. The summed E-state index contributed by atoms with van der Waals surface area (Å²) >= 11 is 0. The number of methoxy groups -OCH3 is 1. The first-order valence-corrected chi connectivity index (χ1v) is 8.89. The summed E-state index contributed by atoms with van der Waals surface area (Å²) in [4.78, 5) is 19.1. The van der Waals surface area contributed by atoms with Gasteiger partial charge in [-0.3, -0.25) is 9.36 Å². The zero-order chi connectivity index (χ0) is 19.4. The number of amides is 1. The molecule has 1 N–H and O–H groups in total. The molecule has 3 rings (SSSR count). The normalized spacial score (nSPS) is 10.6. The highest BCUT2D eigenvalue weighted by molar-refractivity contribution is 5.93. The highest BCUT2D eigenvalue weighted by Crippen LogP contribution is 2.26. The van der Waals surface area contributed by atoms with Gasteiger partial charge in [0.25, 0.3) is 5.91 Å². The maximum absolute atomic E-state index is 12.8. The van der Waals surface area contributed by atoms with E-state index in [2.05, 4.69) is 4.98 Å². The second-order valence-corrected chi connectivity index (χ2v) is 6.04. The molecule has 0 fully saturated rings. The minimum atomic E-state index is -0.104. The lowest BCUT2D eigenvalue weighted by Gasteiger charge is -2.16. The van der Waals surface area contributed by atoms with Crippen molar-refractivity contribution in [1.82, 2.24) is 14.5 Å². The lowest BCUT2D eigenvalue weighted by molar-refractivity contribution is 0.0767. The average molecular weight is 365 g/mol. The largest absolute Gasteiger partial charge is 0.508 e. The van der Waals surface area contributed by atoms with E-state index in [0.717, 1.165) is 17.0 Å². The zero-order valence-corrected chi connectivity index (χ0v) is 15.7. The fourth-order valence-electron chi connectivity index (χ4n) is 2.91. The van der Waals surface area contributed by atoms with Crippen LogP contribution in [-0.4, -0.2) is 45.7 Å². The number of nitrogens with zero attached hydrogens (tertiary/aromatic N) is 3. The van der Waals surface area contributed by atoms with Crippen LogP contribution in [0.2, 0.25) is 0 Å². The van der Waals surface area contributed by atoms with Crippen molar-refractivity contribution in [3.8, 4) is 28.6 Å². The first-order chi connectivity index (χ1) is 13.1. The van der Waals surface area contributed by atoms with E-state index in [1.54, 1.807) is 42.5 Å². The van der Waals surface area contributed by atoms with Gasteiger partial charge in [0.2, 0.25) is 0 Å². The van der Waals surface area contributed by atoms with Crippen LogP contribution in [0.25, 0.3) is 17.1 Å². The lowest BCUT2D eigenvalue weighted by Crippen LogP contribution is -2.30. The number of imidazole rings is 1. The summed E-state index contributed by atoms with van der Waals surface area (Å²) in [5, 5.41) is 9.58. The third-order valence-corrected chi connectivity index (χ3v) is 4.45. The Kier molecular flexibility index (Phi) is 5.45. The van der Waals surface area contributed by atoms with Crippen LogP contribution in [0.4, 0.5) is 0 Å². The number of aromatic hydroxyl groups is 1. The number of ether oxygens (including phenoxy) is 1.